The standard InChI is InChI=1S/C12H11NO2S/c1-8-7-16-9(2)12(8)10-5-3-4-6-11(10)13(14)15/h3-7H,1-2H3. The minimum absolute atomic E-state index is 0.173. The first kappa shape index (κ1) is 10.8. The molecule has 0 saturated carbocycles. The third-order valence-corrected chi connectivity index (χ3v) is 3.56. The van der Waals surface area contributed by atoms with Gasteiger partial charge in [-0.1, -0.05) is 12.1 Å². The average molecular weight is 233 g/mol. The van der Waals surface area contributed by atoms with E-state index in [1.54, 1.807) is 29.5 Å². The molecule has 0 saturated heterocycles. The minimum atomic E-state index is -0.328. The van der Waals surface area contributed by atoms with E-state index in [0.29, 0.717) is 5.56 Å². The topological polar surface area (TPSA) is 43.1 Å². The molecule has 0 N–H and O–H groups in total. The van der Waals surface area contributed by atoms with Crippen molar-refractivity contribution in [2.45, 2.75) is 13.8 Å². The van der Waals surface area contributed by atoms with Crippen LogP contribution in [0.4, 0.5) is 5.69 Å². The van der Waals surface area contributed by atoms with E-state index < -0.39 is 0 Å². The Labute approximate surface area is 97.5 Å². The number of hydrogen-bond acceptors (Lipinski definition) is 3. The van der Waals surface area contributed by atoms with Gasteiger partial charge in [0.25, 0.3) is 5.69 Å². The molecule has 0 spiro atoms. The van der Waals surface area contributed by atoms with Crippen LogP contribution in [0.2, 0.25) is 0 Å². The number of hydrogen-bond donors (Lipinski definition) is 0. The van der Waals surface area contributed by atoms with Crippen LogP contribution in [0.1, 0.15) is 10.4 Å². The third-order valence-electron chi connectivity index (χ3n) is 2.53. The molecule has 0 unspecified atom stereocenters. The van der Waals surface area contributed by atoms with Crippen LogP contribution < -0.4 is 0 Å². The van der Waals surface area contributed by atoms with E-state index in [1.165, 1.54) is 0 Å². The van der Waals surface area contributed by atoms with Gasteiger partial charge in [0.2, 0.25) is 0 Å². The molecule has 0 aliphatic carbocycles. The number of aryl methyl sites for hydroxylation is 2. The van der Waals surface area contributed by atoms with Crippen LogP contribution in [0.15, 0.2) is 29.6 Å². The summed E-state index contributed by atoms with van der Waals surface area (Å²) in [5.74, 6) is 0. The Morgan fingerprint density at radius 1 is 1.25 bits per heavy atom. The molecule has 1 aromatic carbocycles. The normalized spacial score (nSPS) is 10.4. The lowest BCUT2D eigenvalue weighted by Crippen LogP contribution is -1.92. The number of para-hydroxylation sites is 1. The highest BCUT2D eigenvalue weighted by atomic mass is 32.1. The summed E-state index contributed by atoms with van der Waals surface area (Å²) < 4.78 is 0. The predicted molar refractivity (Wildman–Crippen MR) is 65.9 cm³/mol. The van der Waals surface area contributed by atoms with Crippen LogP contribution in [-0.2, 0) is 0 Å². The van der Waals surface area contributed by atoms with Crippen LogP contribution in [-0.4, -0.2) is 4.92 Å². The molecule has 0 fully saturated rings. The first-order chi connectivity index (χ1) is 7.61. The van der Waals surface area contributed by atoms with Gasteiger partial charge in [0.1, 0.15) is 0 Å². The van der Waals surface area contributed by atoms with Gasteiger partial charge in [0.05, 0.1) is 10.5 Å². The predicted octanol–water partition coefficient (Wildman–Crippen LogP) is 3.94. The van der Waals surface area contributed by atoms with Gasteiger partial charge in [-0.15, -0.1) is 11.3 Å². The van der Waals surface area contributed by atoms with Gasteiger partial charge < -0.3 is 0 Å². The number of nitro groups is 1. The molecule has 16 heavy (non-hydrogen) atoms. The molecule has 0 radical (unpaired) electrons. The summed E-state index contributed by atoms with van der Waals surface area (Å²) in [5.41, 5.74) is 2.98. The summed E-state index contributed by atoms with van der Waals surface area (Å²) in [4.78, 5) is 11.7. The molecule has 0 aliphatic rings. The minimum Gasteiger partial charge on any atom is -0.258 e. The lowest BCUT2D eigenvalue weighted by Gasteiger charge is -2.03. The smallest absolute Gasteiger partial charge is 0.258 e. The third kappa shape index (κ3) is 1.72. The van der Waals surface area contributed by atoms with E-state index in [-0.39, 0.29) is 10.6 Å². The lowest BCUT2D eigenvalue weighted by atomic mass is 10.0. The molecule has 1 heterocycles. The zero-order valence-corrected chi connectivity index (χ0v) is 9.88. The maximum atomic E-state index is 10.9. The van der Waals surface area contributed by atoms with Gasteiger partial charge in [-0.2, -0.15) is 0 Å². The monoisotopic (exact) mass is 233 g/mol. The molecule has 2 aromatic rings. The van der Waals surface area contributed by atoms with Crippen molar-refractivity contribution in [2.24, 2.45) is 0 Å². The quantitative estimate of drug-likeness (QED) is 0.582. The van der Waals surface area contributed by atoms with Gasteiger partial charge in [0.15, 0.2) is 0 Å². The van der Waals surface area contributed by atoms with E-state index >= 15 is 0 Å². The van der Waals surface area contributed by atoms with Crippen molar-refractivity contribution in [3.63, 3.8) is 0 Å². The number of nitro benzene ring substituents is 1. The molecule has 0 bridgehead atoms. The second kappa shape index (κ2) is 4.06. The summed E-state index contributed by atoms with van der Waals surface area (Å²) in [6.07, 6.45) is 0. The maximum Gasteiger partial charge on any atom is 0.277 e. The van der Waals surface area contributed by atoms with Gasteiger partial charge in [-0.25, -0.2) is 0 Å². The first-order valence-corrected chi connectivity index (χ1v) is 5.77. The van der Waals surface area contributed by atoms with Crippen molar-refractivity contribution >= 4 is 17.0 Å². The Kier molecular flexibility index (Phi) is 2.75. The van der Waals surface area contributed by atoms with Gasteiger partial charge in [-0.3, -0.25) is 10.1 Å². The molecular formula is C12H11NO2S. The van der Waals surface area contributed by atoms with E-state index in [4.69, 9.17) is 0 Å². The Hall–Kier alpha value is -1.68. The molecule has 4 heteroatoms. The molecule has 82 valence electrons. The number of nitrogens with zero attached hydrogens (tertiary/aromatic N) is 1. The second-order valence-corrected chi connectivity index (χ2v) is 4.71. The lowest BCUT2D eigenvalue weighted by molar-refractivity contribution is -0.384. The fourth-order valence-electron chi connectivity index (χ4n) is 1.82. The van der Waals surface area contributed by atoms with E-state index in [2.05, 4.69) is 0 Å². The van der Waals surface area contributed by atoms with Crippen LogP contribution in [0.5, 0.6) is 0 Å². The second-order valence-electron chi connectivity index (χ2n) is 3.62. The largest absolute Gasteiger partial charge is 0.277 e. The fourth-order valence-corrected chi connectivity index (χ4v) is 2.68. The SMILES string of the molecule is Cc1csc(C)c1-c1ccccc1[N+](=O)[O-]. The van der Waals surface area contributed by atoms with Crippen molar-refractivity contribution < 1.29 is 4.92 Å². The van der Waals surface area contributed by atoms with Crippen LogP contribution >= 0.6 is 11.3 Å². The zero-order chi connectivity index (χ0) is 11.7. The Bertz CT molecular complexity index is 526. The zero-order valence-electron chi connectivity index (χ0n) is 9.06. The van der Waals surface area contributed by atoms with Crippen molar-refractivity contribution in [1.29, 1.82) is 0 Å². The molecule has 0 aliphatic heterocycles. The molecule has 1 aromatic heterocycles. The van der Waals surface area contributed by atoms with E-state index in [1.807, 2.05) is 25.3 Å². The van der Waals surface area contributed by atoms with Crippen LogP contribution in [0.3, 0.4) is 0 Å². The van der Waals surface area contributed by atoms with Crippen molar-refractivity contribution in [3.05, 3.63) is 50.2 Å². The summed E-state index contributed by atoms with van der Waals surface area (Å²) >= 11 is 1.62. The highest BCUT2D eigenvalue weighted by Gasteiger charge is 2.18. The molecular weight excluding hydrogens is 222 g/mol. The van der Waals surface area contributed by atoms with Crippen molar-refractivity contribution in [1.82, 2.24) is 0 Å². The Balaban J connectivity index is 2.69. The maximum absolute atomic E-state index is 10.9. The highest BCUT2D eigenvalue weighted by molar-refractivity contribution is 7.10. The Morgan fingerprint density at radius 3 is 2.50 bits per heavy atom. The molecule has 0 amide bonds. The van der Waals surface area contributed by atoms with Gasteiger partial charge >= 0.3 is 0 Å². The summed E-state index contributed by atoms with van der Waals surface area (Å²) in [6, 6.07) is 6.88. The summed E-state index contributed by atoms with van der Waals surface area (Å²) in [5, 5.41) is 13.0. The van der Waals surface area contributed by atoms with Crippen molar-refractivity contribution in [3.8, 4) is 11.1 Å². The van der Waals surface area contributed by atoms with Crippen molar-refractivity contribution in [2.75, 3.05) is 0 Å². The number of thiophene rings is 1. The average Bonchev–Trinajstić information content (AvgIpc) is 2.58. The Morgan fingerprint density at radius 2 is 1.94 bits per heavy atom. The van der Waals surface area contributed by atoms with Crippen LogP contribution in [0, 0.1) is 24.0 Å². The summed E-state index contributed by atoms with van der Waals surface area (Å²) in [7, 11) is 0. The van der Waals surface area contributed by atoms with Gasteiger partial charge in [0, 0.05) is 16.5 Å². The fraction of sp³-hybridized carbons (Fsp3) is 0.167. The van der Waals surface area contributed by atoms with Crippen LogP contribution in [0.25, 0.3) is 11.1 Å². The molecule has 3 nitrogen and oxygen atoms in total. The number of rotatable bonds is 2. The highest BCUT2D eigenvalue weighted by Crippen LogP contribution is 2.36. The van der Waals surface area contributed by atoms with E-state index in [0.717, 1.165) is 16.0 Å². The van der Waals surface area contributed by atoms with Gasteiger partial charge in [-0.05, 0) is 30.9 Å². The molecule has 0 atom stereocenters. The molecule has 2 rings (SSSR count). The first-order valence-electron chi connectivity index (χ1n) is 4.89. The van der Waals surface area contributed by atoms with E-state index in [9.17, 15) is 10.1 Å². The summed E-state index contributed by atoms with van der Waals surface area (Å²) in [6.45, 7) is 3.97. The number of benzene rings is 1.